The van der Waals surface area contributed by atoms with Gasteiger partial charge in [-0.1, -0.05) is 0 Å². The Hall–Kier alpha value is -1.10. The van der Waals surface area contributed by atoms with Crippen LogP contribution >= 0.6 is 0 Å². The van der Waals surface area contributed by atoms with Crippen LogP contribution in [0.1, 0.15) is 40.0 Å². The molecule has 2 rings (SSSR count). The van der Waals surface area contributed by atoms with Crippen LogP contribution in [-0.4, -0.2) is 48.1 Å². The molecular formula is C14H24N2O3. The van der Waals surface area contributed by atoms with Gasteiger partial charge in [-0.05, 0) is 46.0 Å². The average molecular weight is 268 g/mol. The minimum atomic E-state index is -0.755. The smallest absolute Gasteiger partial charge is 0.246 e. The summed E-state index contributed by atoms with van der Waals surface area (Å²) in [4.78, 5) is 26.4. The summed E-state index contributed by atoms with van der Waals surface area (Å²) in [6.45, 7) is 7.47. The molecule has 1 saturated heterocycles. The van der Waals surface area contributed by atoms with Gasteiger partial charge in [0.1, 0.15) is 11.6 Å². The lowest BCUT2D eigenvalue weighted by atomic mass is 9.94. The Morgan fingerprint density at radius 3 is 2.63 bits per heavy atom. The number of nitrogens with zero attached hydrogens (tertiary/aromatic N) is 1. The van der Waals surface area contributed by atoms with Crippen LogP contribution in [0.25, 0.3) is 0 Å². The number of hydrogen-bond donors (Lipinski definition) is 1. The molecule has 0 aromatic carbocycles. The van der Waals surface area contributed by atoms with E-state index in [-0.39, 0.29) is 17.9 Å². The van der Waals surface area contributed by atoms with Crippen LogP contribution in [0.15, 0.2) is 0 Å². The highest BCUT2D eigenvalue weighted by atomic mass is 16.5. The lowest BCUT2D eigenvalue weighted by Gasteiger charge is -2.44. The maximum atomic E-state index is 12.5. The fourth-order valence-corrected chi connectivity index (χ4v) is 2.55. The standard InChI is InChI=1S/C14H24N2O3/c1-4-19-9-5-8-16-12(17)11(10-6-7-10)15-13(18)14(16,2)3/h10-11H,4-9H2,1-3H3,(H,15,18). The van der Waals surface area contributed by atoms with Crippen molar-refractivity contribution in [3.05, 3.63) is 0 Å². The molecule has 1 N–H and O–H groups in total. The predicted molar refractivity (Wildman–Crippen MR) is 71.6 cm³/mol. The molecule has 0 bridgehead atoms. The molecular weight excluding hydrogens is 244 g/mol. The summed E-state index contributed by atoms with van der Waals surface area (Å²) < 4.78 is 5.30. The van der Waals surface area contributed by atoms with Crippen molar-refractivity contribution in [2.24, 2.45) is 5.92 Å². The highest BCUT2D eigenvalue weighted by Crippen LogP contribution is 2.36. The molecule has 2 fully saturated rings. The van der Waals surface area contributed by atoms with Gasteiger partial charge in [-0.25, -0.2) is 0 Å². The molecule has 1 heterocycles. The van der Waals surface area contributed by atoms with Gasteiger partial charge in [0.2, 0.25) is 11.8 Å². The molecule has 2 amide bonds. The number of carbonyl (C=O) groups excluding carboxylic acids is 2. The van der Waals surface area contributed by atoms with Gasteiger partial charge in [-0.3, -0.25) is 9.59 Å². The summed E-state index contributed by atoms with van der Waals surface area (Å²) in [6.07, 6.45) is 2.86. The Labute approximate surface area is 114 Å². The zero-order chi connectivity index (χ0) is 14.0. The number of carbonyl (C=O) groups is 2. The van der Waals surface area contributed by atoms with E-state index in [2.05, 4.69) is 5.32 Å². The predicted octanol–water partition coefficient (Wildman–Crippen LogP) is 0.929. The van der Waals surface area contributed by atoms with E-state index in [9.17, 15) is 9.59 Å². The molecule has 1 saturated carbocycles. The van der Waals surface area contributed by atoms with Gasteiger partial charge in [0.05, 0.1) is 0 Å². The molecule has 0 aromatic rings. The van der Waals surface area contributed by atoms with Gasteiger partial charge < -0.3 is 15.0 Å². The molecule has 1 aliphatic carbocycles. The normalized spacial score (nSPS) is 26.5. The molecule has 19 heavy (non-hydrogen) atoms. The van der Waals surface area contributed by atoms with Crippen LogP contribution in [-0.2, 0) is 14.3 Å². The van der Waals surface area contributed by atoms with Gasteiger partial charge in [-0.15, -0.1) is 0 Å². The summed E-state index contributed by atoms with van der Waals surface area (Å²) in [5.74, 6) is 0.381. The monoisotopic (exact) mass is 268 g/mol. The van der Waals surface area contributed by atoms with Crippen molar-refractivity contribution in [2.75, 3.05) is 19.8 Å². The minimum Gasteiger partial charge on any atom is -0.382 e. The van der Waals surface area contributed by atoms with Crippen LogP contribution in [0.4, 0.5) is 0 Å². The van der Waals surface area contributed by atoms with Crippen molar-refractivity contribution in [1.82, 2.24) is 10.2 Å². The van der Waals surface area contributed by atoms with Gasteiger partial charge >= 0.3 is 0 Å². The second-order valence-electron chi connectivity index (χ2n) is 5.89. The van der Waals surface area contributed by atoms with E-state index in [0.717, 1.165) is 19.3 Å². The van der Waals surface area contributed by atoms with Crippen molar-refractivity contribution in [2.45, 2.75) is 51.6 Å². The lowest BCUT2D eigenvalue weighted by molar-refractivity contribution is -0.156. The van der Waals surface area contributed by atoms with Crippen molar-refractivity contribution in [1.29, 1.82) is 0 Å². The van der Waals surface area contributed by atoms with Crippen LogP contribution < -0.4 is 5.32 Å². The first kappa shape index (κ1) is 14.3. The van der Waals surface area contributed by atoms with E-state index in [4.69, 9.17) is 4.74 Å². The SMILES string of the molecule is CCOCCCN1C(=O)C(C2CC2)NC(=O)C1(C)C. The van der Waals surface area contributed by atoms with Gasteiger partial charge in [0, 0.05) is 19.8 Å². The summed E-state index contributed by atoms with van der Waals surface area (Å²) in [5.41, 5.74) is -0.755. The van der Waals surface area contributed by atoms with E-state index in [0.29, 0.717) is 25.7 Å². The third-order valence-corrected chi connectivity index (χ3v) is 4.02. The molecule has 0 radical (unpaired) electrons. The van der Waals surface area contributed by atoms with E-state index < -0.39 is 5.54 Å². The number of piperazine rings is 1. The van der Waals surface area contributed by atoms with Crippen molar-refractivity contribution >= 4 is 11.8 Å². The Balaban J connectivity index is 2.01. The molecule has 5 nitrogen and oxygen atoms in total. The van der Waals surface area contributed by atoms with Crippen LogP contribution in [0, 0.1) is 5.92 Å². The van der Waals surface area contributed by atoms with Crippen molar-refractivity contribution < 1.29 is 14.3 Å². The number of ether oxygens (including phenoxy) is 1. The minimum absolute atomic E-state index is 0.0413. The molecule has 2 aliphatic rings. The fraction of sp³-hybridized carbons (Fsp3) is 0.857. The molecule has 1 aliphatic heterocycles. The fourth-order valence-electron chi connectivity index (χ4n) is 2.55. The quantitative estimate of drug-likeness (QED) is 0.729. The highest BCUT2D eigenvalue weighted by molar-refractivity contribution is 5.99. The van der Waals surface area contributed by atoms with Gasteiger partial charge in [-0.2, -0.15) is 0 Å². The van der Waals surface area contributed by atoms with Crippen LogP contribution in [0.5, 0.6) is 0 Å². The zero-order valence-corrected chi connectivity index (χ0v) is 12.1. The number of nitrogens with one attached hydrogen (secondary N) is 1. The van der Waals surface area contributed by atoms with Gasteiger partial charge in [0.25, 0.3) is 0 Å². The van der Waals surface area contributed by atoms with Crippen LogP contribution in [0.3, 0.4) is 0 Å². The number of amides is 2. The van der Waals surface area contributed by atoms with E-state index in [1.165, 1.54) is 0 Å². The Morgan fingerprint density at radius 2 is 2.05 bits per heavy atom. The van der Waals surface area contributed by atoms with Gasteiger partial charge in [0.15, 0.2) is 0 Å². The first-order valence-electron chi connectivity index (χ1n) is 7.18. The lowest BCUT2D eigenvalue weighted by Crippen LogP contribution is -2.69. The first-order chi connectivity index (χ1) is 8.98. The Bertz CT molecular complexity index is 364. The van der Waals surface area contributed by atoms with E-state index in [1.54, 1.807) is 4.90 Å². The van der Waals surface area contributed by atoms with Crippen LogP contribution in [0.2, 0.25) is 0 Å². The van der Waals surface area contributed by atoms with E-state index in [1.807, 2.05) is 20.8 Å². The Morgan fingerprint density at radius 1 is 1.37 bits per heavy atom. The highest BCUT2D eigenvalue weighted by Gasteiger charge is 2.50. The molecule has 1 unspecified atom stereocenters. The maximum Gasteiger partial charge on any atom is 0.246 e. The number of hydrogen-bond acceptors (Lipinski definition) is 3. The molecule has 0 spiro atoms. The Kier molecular flexibility index (Phi) is 4.13. The van der Waals surface area contributed by atoms with Crippen molar-refractivity contribution in [3.8, 4) is 0 Å². The second-order valence-corrected chi connectivity index (χ2v) is 5.89. The van der Waals surface area contributed by atoms with Crippen molar-refractivity contribution in [3.63, 3.8) is 0 Å². The third-order valence-electron chi connectivity index (χ3n) is 4.02. The second kappa shape index (κ2) is 5.49. The summed E-state index contributed by atoms with van der Waals surface area (Å²) in [5, 5.41) is 2.89. The zero-order valence-electron chi connectivity index (χ0n) is 12.1. The molecule has 0 aromatic heterocycles. The summed E-state index contributed by atoms with van der Waals surface area (Å²) in [7, 11) is 0. The molecule has 108 valence electrons. The summed E-state index contributed by atoms with van der Waals surface area (Å²) >= 11 is 0. The number of rotatable bonds is 6. The first-order valence-corrected chi connectivity index (χ1v) is 7.18. The van der Waals surface area contributed by atoms with E-state index >= 15 is 0 Å². The largest absolute Gasteiger partial charge is 0.382 e. The maximum absolute atomic E-state index is 12.5. The summed E-state index contributed by atoms with van der Waals surface area (Å²) in [6, 6.07) is -0.299. The average Bonchev–Trinajstić information content (AvgIpc) is 3.17. The molecule has 1 atom stereocenters. The third kappa shape index (κ3) is 2.91. The topological polar surface area (TPSA) is 58.6 Å². The molecule has 5 heteroatoms.